The fourth-order valence-electron chi connectivity index (χ4n) is 2.76. The minimum atomic E-state index is 0.214. The molecule has 2 aromatic rings. The van der Waals surface area contributed by atoms with Gasteiger partial charge in [0, 0.05) is 25.3 Å². The summed E-state index contributed by atoms with van der Waals surface area (Å²) in [5.41, 5.74) is 8.43. The molecule has 6 nitrogen and oxygen atoms in total. The molecule has 0 spiro atoms. The topological polar surface area (TPSA) is 72.9 Å². The van der Waals surface area contributed by atoms with Gasteiger partial charge in [-0.05, 0) is 30.9 Å². The van der Waals surface area contributed by atoms with Crippen molar-refractivity contribution in [1.29, 1.82) is 0 Å². The number of hydrogen-bond donors (Lipinski definition) is 1. The molecule has 0 aliphatic carbocycles. The van der Waals surface area contributed by atoms with Gasteiger partial charge in [0.1, 0.15) is 12.1 Å². The van der Waals surface area contributed by atoms with Crippen molar-refractivity contribution in [2.24, 2.45) is 5.73 Å². The molecule has 0 saturated carbocycles. The standard InChI is InChI=1S/C15H22N6/c1-3-13(16)7-12-6-11(2)15(17-8-12)20-4-5-21-10-18-19-14(21)9-20/h6,8,10,13H,3-5,7,9,16H2,1-2H3. The Bertz CT molecular complexity index is 620. The van der Waals surface area contributed by atoms with Crippen molar-refractivity contribution >= 4 is 5.82 Å². The molecule has 1 aliphatic rings. The zero-order chi connectivity index (χ0) is 14.8. The summed E-state index contributed by atoms with van der Waals surface area (Å²) >= 11 is 0. The minimum absolute atomic E-state index is 0.214. The number of pyridine rings is 1. The van der Waals surface area contributed by atoms with Gasteiger partial charge >= 0.3 is 0 Å². The molecule has 0 bridgehead atoms. The predicted molar refractivity (Wildman–Crippen MR) is 82.0 cm³/mol. The predicted octanol–water partition coefficient (Wildman–Crippen LogP) is 1.28. The highest BCUT2D eigenvalue weighted by molar-refractivity contribution is 5.48. The van der Waals surface area contributed by atoms with Crippen LogP contribution in [0.1, 0.15) is 30.3 Å². The largest absolute Gasteiger partial charge is 0.347 e. The minimum Gasteiger partial charge on any atom is -0.347 e. The van der Waals surface area contributed by atoms with Crippen LogP contribution in [0.4, 0.5) is 5.82 Å². The van der Waals surface area contributed by atoms with Crippen LogP contribution in [0.5, 0.6) is 0 Å². The summed E-state index contributed by atoms with van der Waals surface area (Å²) in [6.07, 6.45) is 5.63. The second kappa shape index (κ2) is 5.81. The molecule has 0 radical (unpaired) electrons. The zero-order valence-electron chi connectivity index (χ0n) is 12.7. The quantitative estimate of drug-likeness (QED) is 0.916. The molecule has 0 saturated heterocycles. The molecule has 3 rings (SSSR count). The molecule has 0 amide bonds. The number of anilines is 1. The van der Waals surface area contributed by atoms with Crippen molar-refractivity contribution < 1.29 is 0 Å². The number of nitrogens with zero attached hydrogens (tertiary/aromatic N) is 5. The fourth-order valence-corrected chi connectivity index (χ4v) is 2.76. The lowest BCUT2D eigenvalue weighted by Gasteiger charge is -2.29. The summed E-state index contributed by atoms with van der Waals surface area (Å²) in [4.78, 5) is 6.93. The van der Waals surface area contributed by atoms with Crippen LogP contribution in [0.3, 0.4) is 0 Å². The first-order chi connectivity index (χ1) is 10.2. The number of aryl methyl sites for hydroxylation is 1. The van der Waals surface area contributed by atoms with Crippen LogP contribution in [-0.2, 0) is 19.5 Å². The summed E-state index contributed by atoms with van der Waals surface area (Å²) in [6.45, 7) is 6.84. The van der Waals surface area contributed by atoms with E-state index in [0.29, 0.717) is 0 Å². The molecule has 1 aliphatic heterocycles. The Labute approximate surface area is 125 Å². The lowest BCUT2D eigenvalue weighted by atomic mass is 10.0. The van der Waals surface area contributed by atoms with Gasteiger partial charge in [-0.1, -0.05) is 13.0 Å². The second-order valence-corrected chi connectivity index (χ2v) is 5.72. The van der Waals surface area contributed by atoms with E-state index in [1.165, 1.54) is 11.1 Å². The smallest absolute Gasteiger partial charge is 0.152 e. The normalized spacial score (nSPS) is 15.9. The zero-order valence-corrected chi connectivity index (χ0v) is 12.7. The summed E-state index contributed by atoms with van der Waals surface area (Å²) < 4.78 is 2.10. The van der Waals surface area contributed by atoms with E-state index in [2.05, 4.69) is 44.6 Å². The Morgan fingerprint density at radius 3 is 3.00 bits per heavy atom. The maximum Gasteiger partial charge on any atom is 0.152 e. The van der Waals surface area contributed by atoms with E-state index in [1.54, 1.807) is 6.33 Å². The van der Waals surface area contributed by atoms with Crippen molar-refractivity contribution in [3.8, 4) is 0 Å². The van der Waals surface area contributed by atoms with Crippen LogP contribution in [0.15, 0.2) is 18.6 Å². The third-order valence-electron chi connectivity index (χ3n) is 4.07. The third kappa shape index (κ3) is 2.90. The summed E-state index contributed by atoms with van der Waals surface area (Å²) in [5, 5.41) is 8.12. The van der Waals surface area contributed by atoms with E-state index in [-0.39, 0.29) is 6.04 Å². The maximum absolute atomic E-state index is 6.02. The van der Waals surface area contributed by atoms with Crippen LogP contribution >= 0.6 is 0 Å². The van der Waals surface area contributed by atoms with Crippen molar-refractivity contribution in [1.82, 2.24) is 19.7 Å². The fraction of sp³-hybridized carbons (Fsp3) is 0.533. The van der Waals surface area contributed by atoms with Gasteiger partial charge < -0.3 is 15.2 Å². The second-order valence-electron chi connectivity index (χ2n) is 5.72. The molecular weight excluding hydrogens is 264 g/mol. The highest BCUT2D eigenvalue weighted by Crippen LogP contribution is 2.22. The van der Waals surface area contributed by atoms with Gasteiger partial charge in [0.15, 0.2) is 5.82 Å². The molecule has 1 unspecified atom stereocenters. The first-order valence-corrected chi connectivity index (χ1v) is 7.50. The van der Waals surface area contributed by atoms with Gasteiger partial charge in [-0.2, -0.15) is 0 Å². The number of fused-ring (bicyclic) bond motifs is 1. The Kier molecular flexibility index (Phi) is 3.88. The average Bonchev–Trinajstić information content (AvgIpc) is 2.94. The molecule has 1 atom stereocenters. The third-order valence-corrected chi connectivity index (χ3v) is 4.07. The molecule has 0 aromatic carbocycles. The van der Waals surface area contributed by atoms with E-state index in [4.69, 9.17) is 5.73 Å². The average molecular weight is 286 g/mol. The van der Waals surface area contributed by atoms with Crippen molar-refractivity contribution in [2.75, 3.05) is 11.4 Å². The van der Waals surface area contributed by atoms with E-state index < -0.39 is 0 Å². The molecule has 3 heterocycles. The number of nitrogens with two attached hydrogens (primary N) is 1. The highest BCUT2D eigenvalue weighted by Gasteiger charge is 2.20. The van der Waals surface area contributed by atoms with Crippen LogP contribution < -0.4 is 10.6 Å². The Hall–Kier alpha value is -1.95. The lowest BCUT2D eigenvalue weighted by molar-refractivity contribution is 0.555. The van der Waals surface area contributed by atoms with E-state index in [9.17, 15) is 0 Å². The van der Waals surface area contributed by atoms with Crippen molar-refractivity contribution in [3.05, 3.63) is 35.5 Å². The summed E-state index contributed by atoms with van der Waals surface area (Å²) in [5.74, 6) is 2.04. The molecule has 2 aromatic heterocycles. The first kappa shape index (κ1) is 14.0. The Balaban J connectivity index is 1.77. The van der Waals surface area contributed by atoms with Crippen molar-refractivity contribution in [2.45, 2.75) is 45.8 Å². The van der Waals surface area contributed by atoms with Gasteiger partial charge in [0.2, 0.25) is 0 Å². The van der Waals surface area contributed by atoms with E-state index in [0.717, 1.165) is 44.1 Å². The number of hydrogen-bond acceptors (Lipinski definition) is 5. The van der Waals surface area contributed by atoms with Crippen LogP contribution in [0.2, 0.25) is 0 Å². The lowest BCUT2D eigenvalue weighted by Crippen LogP contribution is -2.34. The summed E-state index contributed by atoms with van der Waals surface area (Å²) in [6, 6.07) is 2.42. The van der Waals surface area contributed by atoms with Gasteiger partial charge in [0.05, 0.1) is 6.54 Å². The van der Waals surface area contributed by atoms with Gasteiger partial charge in [-0.15, -0.1) is 10.2 Å². The molecular formula is C15H22N6. The highest BCUT2D eigenvalue weighted by atomic mass is 15.3. The van der Waals surface area contributed by atoms with Gasteiger partial charge in [0.25, 0.3) is 0 Å². The maximum atomic E-state index is 6.02. The van der Waals surface area contributed by atoms with Crippen molar-refractivity contribution in [3.63, 3.8) is 0 Å². The Morgan fingerprint density at radius 1 is 1.38 bits per heavy atom. The Morgan fingerprint density at radius 2 is 2.24 bits per heavy atom. The van der Waals surface area contributed by atoms with E-state index >= 15 is 0 Å². The number of rotatable bonds is 4. The van der Waals surface area contributed by atoms with Gasteiger partial charge in [-0.3, -0.25) is 0 Å². The SMILES string of the molecule is CCC(N)Cc1cnc(N2CCn3cnnc3C2)c(C)c1. The van der Waals surface area contributed by atoms with Gasteiger partial charge in [-0.25, -0.2) is 4.98 Å². The van der Waals surface area contributed by atoms with Crippen LogP contribution in [0, 0.1) is 6.92 Å². The van der Waals surface area contributed by atoms with E-state index in [1.807, 2.05) is 6.20 Å². The number of aromatic nitrogens is 4. The molecule has 6 heteroatoms. The first-order valence-electron chi connectivity index (χ1n) is 7.50. The summed E-state index contributed by atoms with van der Waals surface area (Å²) in [7, 11) is 0. The van der Waals surface area contributed by atoms with Crippen LogP contribution in [0.25, 0.3) is 0 Å². The molecule has 0 fully saturated rings. The molecule has 21 heavy (non-hydrogen) atoms. The monoisotopic (exact) mass is 286 g/mol. The van der Waals surface area contributed by atoms with Crippen LogP contribution in [-0.4, -0.2) is 32.3 Å². The molecule has 112 valence electrons. The molecule has 2 N–H and O–H groups in total.